The second kappa shape index (κ2) is 23.9. The predicted molar refractivity (Wildman–Crippen MR) is 237 cm³/mol. The first-order valence-corrected chi connectivity index (χ1v) is 22.2. The van der Waals surface area contributed by atoms with Crippen LogP contribution in [0.4, 0.5) is 0 Å². The summed E-state index contributed by atoms with van der Waals surface area (Å²) in [5.74, 6) is -2.41. The molecule has 3 aromatic rings. The van der Waals surface area contributed by atoms with E-state index in [-0.39, 0.29) is 71.5 Å². The van der Waals surface area contributed by atoms with Crippen LogP contribution < -0.4 is 0 Å². The van der Waals surface area contributed by atoms with E-state index in [2.05, 4.69) is 37.7 Å². The van der Waals surface area contributed by atoms with Crippen LogP contribution in [0.25, 0.3) is 46.4 Å². The number of H-pyrrole nitrogens is 2. The van der Waals surface area contributed by atoms with Crippen LogP contribution in [0.2, 0.25) is 0 Å². The minimum atomic E-state index is -0.603. The van der Waals surface area contributed by atoms with Crippen LogP contribution in [0, 0.1) is 0 Å². The van der Waals surface area contributed by atoms with Gasteiger partial charge in [-0.25, -0.2) is 29.1 Å². The van der Waals surface area contributed by atoms with E-state index in [9.17, 15) is 19.2 Å². The molecule has 12 nitrogen and oxygen atoms in total. The van der Waals surface area contributed by atoms with E-state index in [1.54, 1.807) is 48.6 Å². The van der Waals surface area contributed by atoms with Gasteiger partial charge in [0.25, 0.3) is 0 Å². The molecule has 2 aliphatic rings. The van der Waals surface area contributed by atoms with E-state index in [0.29, 0.717) is 47.8 Å². The Morgan fingerprint density at radius 2 is 0.617 bits per heavy atom. The maximum absolute atomic E-state index is 14.0. The highest BCUT2D eigenvalue weighted by Gasteiger charge is 2.26. The molecule has 2 aliphatic heterocycles. The van der Waals surface area contributed by atoms with Crippen molar-refractivity contribution in [3.63, 3.8) is 0 Å². The number of aromatic nitrogens is 4. The number of hydrogen-bond acceptors (Lipinski definition) is 10. The molecule has 8 bridgehead atoms. The molecule has 0 aromatic carbocycles. The van der Waals surface area contributed by atoms with Gasteiger partial charge in [0.1, 0.15) is 22.3 Å². The normalized spacial score (nSPS) is 11.8. The van der Waals surface area contributed by atoms with Crippen LogP contribution in [0.15, 0.2) is 24.3 Å². The van der Waals surface area contributed by atoms with Crippen molar-refractivity contribution in [3.05, 3.63) is 69.3 Å². The molecule has 322 valence electrons. The fourth-order valence-corrected chi connectivity index (χ4v) is 7.13. The third-order valence-corrected chi connectivity index (χ3v) is 10.5. The molecule has 0 saturated heterocycles. The summed E-state index contributed by atoms with van der Waals surface area (Å²) in [5.41, 5.74) is 2.98. The summed E-state index contributed by atoms with van der Waals surface area (Å²) in [6.07, 6.45) is 21.4. The number of esters is 4. The molecule has 60 heavy (non-hydrogen) atoms. The largest absolute Gasteiger partial charge is 0.462 e. The van der Waals surface area contributed by atoms with Gasteiger partial charge < -0.3 is 28.9 Å². The summed E-state index contributed by atoms with van der Waals surface area (Å²) in [6, 6.07) is 6.75. The Kier molecular flexibility index (Phi) is 18.2. The van der Waals surface area contributed by atoms with Crippen molar-refractivity contribution in [1.82, 2.24) is 19.9 Å². The van der Waals surface area contributed by atoms with Gasteiger partial charge in [-0.05, 0) is 74.3 Å². The van der Waals surface area contributed by atoms with E-state index in [4.69, 9.17) is 28.9 Å². The number of nitrogens with zero attached hydrogens (tertiary/aromatic N) is 2. The number of carbonyl (C=O) groups is 4. The van der Waals surface area contributed by atoms with Gasteiger partial charge in [-0.15, -0.1) is 0 Å². The van der Waals surface area contributed by atoms with Gasteiger partial charge in [-0.2, -0.15) is 0 Å². The quantitative estimate of drug-likeness (QED) is 0.0348. The van der Waals surface area contributed by atoms with Crippen molar-refractivity contribution in [2.45, 2.75) is 130 Å². The molecule has 0 atom stereocenters. The first-order valence-electron chi connectivity index (χ1n) is 22.2. The van der Waals surface area contributed by atoms with E-state index in [1.165, 1.54) is 0 Å². The first-order chi connectivity index (χ1) is 29.3. The predicted octanol–water partition coefficient (Wildman–Crippen LogP) is 11.6. The number of carbonyl (C=O) groups excluding carboxylic acids is 4. The Morgan fingerprint density at radius 1 is 0.383 bits per heavy atom. The summed E-state index contributed by atoms with van der Waals surface area (Å²) in [5, 5.41) is 0. The van der Waals surface area contributed by atoms with Crippen LogP contribution in [0.5, 0.6) is 0 Å². The molecule has 0 amide bonds. The van der Waals surface area contributed by atoms with Gasteiger partial charge in [0.05, 0.1) is 71.3 Å². The third-order valence-electron chi connectivity index (χ3n) is 10.5. The minimum absolute atomic E-state index is 0.135. The zero-order chi connectivity index (χ0) is 42.7. The molecule has 0 unspecified atom stereocenters. The van der Waals surface area contributed by atoms with Crippen LogP contribution in [-0.2, 0) is 18.9 Å². The summed E-state index contributed by atoms with van der Waals surface area (Å²) in [7, 11) is 0. The molecule has 0 saturated carbocycles. The zero-order valence-electron chi connectivity index (χ0n) is 35.9. The van der Waals surface area contributed by atoms with E-state index in [0.717, 1.165) is 77.0 Å². The molecule has 0 spiro atoms. The Balaban J connectivity index is 1.76. The van der Waals surface area contributed by atoms with Gasteiger partial charge >= 0.3 is 23.9 Å². The standard InChI is InChI=1S/C48H62N4O8/c1-5-9-13-17-29-57-45(53)41-33-21-23-35(49-33)42(46(54)58-30-18-14-10-6-2)37-25-27-39(51-37)44(48(56)60-32-20-16-12-8-4)40-28-26-38(52-40)43(36-24-22-34(41)50-36)47(55)59-31-19-15-11-7-3/h21-28,49,52H,5-20,29-32H2,1-4H3. The SMILES string of the molecule is CCCCCCOC(=O)c1c2nc(c(C(=O)OCCCCCC)c3ccc([nH]3)c(C(=O)OCCCCCC)c3nc(c(C(=O)OCCCCCC)c4ccc1[nH]4)C=C3)C=C2. The lowest BCUT2D eigenvalue weighted by Gasteiger charge is -2.08. The summed E-state index contributed by atoms with van der Waals surface area (Å²) < 4.78 is 23.3. The first kappa shape index (κ1) is 45.6. The van der Waals surface area contributed by atoms with Crippen LogP contribution in [0.3, 0.4) is 0 Å². The smallest absolute Gasteiger partial charge is 0.342 e. The lowest BCUT2D eigenvalue weighted by molar-refractivity contribution is 0.0489. The Hall–Kier alpha value is -5.52. The Bertz CT molecular complexity index is 1880. The topological polar surface area (TPSA) is 163 Å². The molecule has 3 aromatic heterocycles. The monoisotopic (exact) mass is 822 g/mol. The number of ether oxygens (including phenoxy) is 4. The number of hydrogen-bond donors (Lipinski definition) is 2. The van der Waals surface area contributed by atoms with E-state index in [1.807, 2.05) is 0 Å². The second-order valence-corrected chi connectivity index (χ2v) is 15.3. The van der Waals surface area contributed by atoms with Crippen LogP contribution in [-0.4, -0.2) is 70.2 Å². The Morgan fingerprint density at radius 3 is 0.833 bits per heavy atom. The number of nitrogens with one attached hydrogen (secondary N) is 2. The van der Waals surface area contributed by atoms with Crippen molar-refractivity contribution in [2.24, 2.45) is 0 Å². The molecule has 2 N–H and O–H groups in total. The van der Waals surface area contributed by atoms with Crippen molar-refractivity contribution in [1.29, 1.82) is 0 Å². The fraction of sp³-hybridized carbons (Fsp3) is 0.500. The number of rotatable bonds is 24. The highest BCUT2D eigenvalue weighted by atomic mass is 16.5. The van der Waals surface area contributed by atoms with Crippen molar-refractivity contribution in [2.75, 3.05) is 26.4 Å². The highest BCUT2D eigenvalue weighted by molar-refractivity contribution is 6.08. The molecule has 0 aliphatic carbocycles. The molecule has 0 radical (unpaired) electrons. The van der Waals surface area contributed by atoms with Gasteiger partial charge in [0.15, 0.2) is 0 Å². The summed E-state index contributed by atoms with van der Waals surface area (Å²) >= 11 is 0. The van der Waals surface area contributed by atoms with E-state index >= 15 is 0 Å². The van der Waals surface area contributed by atoms with Crippen LogP contribution in [0.1, 0.15) is 195 Å². The second-order valence-electron chi connectivity index (χ2n) is 15.3. The maximum Gasteiger partial charge on any atom is 0.342 e. The molecule has 5 rings (SSSR count). The highest BCUT2D eigenvalue weighted by Crippen LogP contribution is 2.29. The molecule has 0 fully saturated rings. The average molecular weight is 823 g/mol. The van der Waals surface area contributed by atoms with Gasteiger partial charge in [0.2, 0.25) is 0 Å². The average Bonchev–Trinajstić information content (AvgIpc) is 4.09. The zero-order valence-corrected chi connectivity index (χ0v) is 35.9. The Labute approximate surface area is 353 Å². The maximum atomic E-state index is 14.0. The van der Waals surface area contributed by atoms with Crippen molar-refractivity contribution in [3.8, 4) is 0 Å². The lowest BCUT2D eigenvalue weighted by Crippen LogP contribution is -2.11. The molecular formula is C48H62N4O8. The van der Waals surface area contributed by atoms with Gasteiger partial charge in [0, 0.05) is 0 Å². The molecular weight excluding hydrogens is 761 g/mol. The third kappa shape index (κ3) is 12.3. The number of unbranched alkanes of at least 4 members (excludes halogenated alkanes) is 12. The minimum Gasteiger partial charge on any atom is -0.462 e. The van der Waals surface area contributed by atoms with Gasteiger partial charge in [-0.1, -0.05) is 105 Å². The number of aromatic amines is 2. The molecule has 12 heteroatoms. The van der Waals surface area contributed by atoms with E-state index < -0.39 is 23.9 Å². The number of fused-ring (bicyclic) bond motifs is 8. The molecule has 5 heterocycles. The fourth-order valence-electron chi connectivity index (χ4n) is 7.13. The van der Waals surface area contributed by atoms with Crippen molar-refractivity contribution < 1.29 is 38.1 Å². The summed E-state index contributed by atoms with van der Waals surface area (Å²) in [6.45, 7) is 9.35. The van der Waals surface area contributed by atoms with Gasteiger partial charge in [-0.3, -0.25) is 0 Å². The van der Waals surface area contributed by atoms with Crippen LogP contribution >= 0.6 is 0 Å². The summed E-state index contributed by atoms with van der Waals surface area (Å²) in [4.78, 5) is 72.3. The van der Waals surface area contributed by atoms with Crippen molar-refractivity contribution >= 4 is 70.2 Å². The lowest BCUT2D eigenvalue weighted by atomic mass is 10.2.